The molecule has 0 amide bonds. The van der Waals surface area contributed by atoms with Gasteiger partial charge in [-0.2, -0.15) is 0 Å². The number of carbonyl (C=O) groups is 2. The largest absolute Gasteiger partial charge is 0.466 e. The monoisotopic (exact) mass is 279 g/mol. The van der Waals surface area contributed by atoms with E-state index in [2.05, 4.69) is 5.32 Å². The molecule has 1 aromatic carbocycles. The average molecular weight is 279 g/mol. The minimum absolute atomic E-state index is 0.178. The Balaban J connectivity index is 2.60. The van der Waals surface area contributed by atoms with Gasteiger partial charge in [-0.05, 0) is 32.4 Å². The molecule has 110 valence electrons. The predicted octanol–water partition coefficient (Wildman–Crippen LogP) is 2.37. The maximum atomic E-state index is 11.9. The van der Waals surface area contributed by atoms with Crippen LogP contribution in [-0.2, 0) is 19.1 Å². The fraction of sp³-hybridized carbons (Fsp3) is 0.467. The van der Waals surface area contributed by atoms with Gasteiger partial charge < -0.3 is 14.8 Å². The van der Waals surface area contributed by atoms with Gasteiger partial charge in [-0.1, -0.05) is 18.2 Å². The lowest BCUT2D eigenvalue weighted by Crippen LogP contribution is -2.32. The topological polar surface area (TPSA) is 64.6 Å². The summed E-state index contributed by atoms with van der Waals surface area (Å²) >= 11 is 0. The number of hydrogen-bond acceptors (Lipinski definition) is 5. The summed E-state index contributed by atoms with van der Waals surface area (Å²) in [6.45, 7) is 4.16. The lowest BCUT2D eigenvalue weighted by atomic mass is 10.1. The van der Waals surface area contributed by atoms with Crippen molar-refractivity contribution in [3.05, 3.63) is 30.3 Å². The third-order valence-corrected chi connectivity index (χ3v) is 2.63. The van der Waals surface area contributed by atoms with E-state index >= 15 is 0 Å². The molecule has 0 aliphatic carbocycles. The molecule has 0 fully saturated rings. The predicted molar refractivity (Wildman–Crippen MR) is 76.4 cm³/mol. The van der Waals surface area contributed by atoms with Crippen molar-refractivity contribution < 1.29 is 19.1 Å². The highest BCUT2D eigenvalue weighted by Gasteiger charge is 2.21. The maximum Gasteiger partial charge on any atom is 0.328 e. The Morgan fingerprint density at radius 1 is 1.10 bits per heavy atom. The van der Waals surface area contributed by atoms with Gasteiger partial charge in [0.2, 0.25) is 0 Å². The van der Waals surface area contributed by atoms with Gasteiger partial charge in [0.05, 0.1) is 13.2 Å². The van der Waals surface area contributed by atoms with Crippen molar-refractivity contribution in [1.82, 2.24) is 0 Å². The van der Waals surface area contributed by atoms with Crippen molar-refractivity contribution in [1.29, 1.82) is 0 Å². The van der Waals surface area contributed by atoms with E-state index in [1.807, 2.05) is 30.3 Å². The molecule has 5 nitrogen and oxygen atoms in total. The smallest absolute Gasteiger partial charge is 0.328 e. The van der Waals surface area contributed by atoms with E-state index in [1.54, 1.807) is 13.8 Å². The maximum absolute atomic E-state index is 11.9. The van der Waals surface area contributed by atoms with Crippen LogP contribution in [0.3, 0.4) is 0 Å². The molecule has 1 atom stereocenters. The normalized spacial score (nSPS) is 11.5. The molecule has 0 saturated carbocycles. The Morgan fingerprint density at radius 2 is 1.75 bits per heavy atom. The van der Waals surface area contributed by atoms with Gasteiger partial charge in [-0.3, -0.25) is 4.79 Å². The van der Waals surface area contributed by atoms with Gasteiger partial charge in [-0.15, -0.1) is 0 Å². The van der Waals surface area contributed by atoms with Gasteiger partial charge in [-0.25, -0.2) is 4.79 Å². The van der Waals surface area contributed by atoms with Crippen LogP contribution in [0.1, 0.15) is 26.7 Å². The summed E-state index contributed by atoms with van der Waals surface area (Å²) < 4.78 is 9.88. The summed E-state index contributed by atoms with van der Waals surface area (Å²) in [5.74, 6) is -0.669. The second-order valence-electron chi connectivity index (χ2n) is 4.16. The van der Waals surface area contributed by atoms with Crippen LogP contribution < -0.4 is 5.32 Å². The zero-order valence-corrected chi connectivity index (χ0v) is 11.9. The summed E-state index contributed by atoms with van der Waals surface area (Å²) in [6.07, 6.45) is 0.518. The third-order valence-electron chi connectivity index (χ3n) is 2.63. The number of rotatable bonds is 8. The van der Waals surface area contributed by atoms with Crippen molar-refractivity contribution in [3.63, 3.8) is 0 Å². The molecule has 5 heteroatoms. The third kappa shape index (κ3) is 5.73. The first-order valence-electron chi connectivity index (χ1n) is 6.81. The van der Waals surface area contributed by atoms with Crippen LogP contribution >= 0.6 is 0 Å². The number of anilines is 1. The van der Waals surface area contributed by atoms with E-state index in [0.717, 1.165) is 5.69 Å². The standard InChI is InChI=1S/C15H21NO4/c1-3-19-14(17)11-10-13(15(18)20-4-2)16-12-8-6-5-7-9-12/h5-9,13,16H,3-4,10-11H2,1-2H3. The molecule has 1 N–H and O–H groups in total. The summed E-state index contributed by atoms with van der Waals surface area (Å²) in [6, 6.07) is 8.80. The second kappa shape index (κ2) is 8.96. The van der Waals surface area contributed by atoms with Gasteiger partial charge in [0.1, 0.15) is 6.04 Å². The molecule has 0 aromatic heterocycles. The number of esters is 2. The second-order valence-corrected chi connectivity index (χ2v) is 4.16. The van der Waals surface area contributed by atoms with E-state index in [1.165, 1.54) is 0 Å². The Kier molecular flexibility index (Phi) is 7.17. The molecule has 0 heterocycles. The van der Waals surface area contributed by atoms with Gasteiger partial charge in [0, 0.05) is 12.1 Å². The SMILES string of the molecule is CCOC(=O)CCC(Nc1ccccc1)C(=O)OCC. The van der Waals surface area contributed by atoms with Crippen LogP contribution in [0.25, 0.3) is 0 Å². The number of benzene rings is 1. The molecular weight excluding hydrogens is 258 g/mol. The van der Waals surface area contributed by atoms with Crippen molar-refractivity contribution in [2.45, 2.75) is 32.7 Å². The van der Waals surface area contributed by atoms with Crippen LogP contribution in [0.15, 0.2) is 30.3 Å². The molecule has 1 rings (SSSR count). The summed E-state index contributed by atoms with van der Waals surface area (Å²) in [5.41, 5.74) is 0.814. The number of hydrogen-bond donors (Lipinski definition) is 1. The molecular formula is C15H21NO4. The van der Waals surface area contributed by atoms with Crippen LogP contribution in [0.4, 0.5) is 5.69 Å². The zero-order chi connectivity index (χ0) is 14.8. The lowest BCUT2D eigenvalue weighted by Gasteiger charge is -2.18. The zero-order valence-electron chi connectivity index (χ0n) is 11.9. The average Bonchev–Trinajstić information content (AvgIpc) is 2.45. The molecule has 0 radical (unpaired) electrons. The van der Waals surface area contributed by atoms with Crippen molar-refractivity contribution >= 4 is 17.6 Å². The number of carbonyl (C=O) groups excluding carboxylic acids is 2. The molecule has 20 heavy (non-hydrogen) atoms. The first kappa shape index (κ1) is 16.0. The highest BCUT2D eigenvalue weighted by atomic mass is 16.5. The van der Waals surface area contributed by atoms with Gasteiger partial charge in [0.15, 0.2) is 0 Å². The van der Waals surface area contributed by atoms with Crippen molar-refractivity contribution in [2.75, 3.05) is 18.5 Å². The van der Waals surface area contributed by atoms with E-state index < -0.39 is 6.04 Å². The first-order chi connectivity index (χ1) is 9.67. The Bertz CT molecular complexity index is 419. The molecule has 1 aromatic rings. The molecule has 0 bridgehead atoms. The number of para-hydroxylation sites is 1. The highest BCUT2D eigenvalue weighted by Crippen LogP contribution is 2.12. The summed E-state index contributed by atoms with van der Waals surface area (Å²) in [5, 5.41) is 3.08. The van der Waals surface area contributed by atoms with Gasteiger partial charge in [0.25, 0.3) is 0 Å². The Morgan fingerprint density at radius 3 is 2.35 bits per heavy atom. The minimum atomic E-state index is -0.554. The summed E-state index contributed by atoms with van der Waals surface area (Å²) in [7, 11) is 0. The molecule has 0 spiro atoms. The fourth-order valence-corrected chi connectivity index (χ4v) is 1.72. The number of nitrogens with one attached hydrogen (secondary N) is 1. The minimum Gasteiger partial charge on any atom is -0.466 e. The van der Waals surface area contributed by atoms with Gasteiger partial charge >= 0.3 is 11.9 Å². The Labute approximate surface area is 119 Å². The van der Waals surface area contributed by atoms with Crippen LogP contribution in [0.5, 0.6) is 0 Å². The number of ether oxygens (including phenoxy) is 2. The highest BCUT2D eigenvalue weighted by molar-refractivity contribution is 5.80. The van der Waals surface area contributed by atoms with E-state index in [0.29, 0.717) is 19.6 Å². The van der Waals surface area contributed by atoms with E-state index in [4.69, 9.17) is 9.47 Å². The first-order valence-corrected chi connectivity index (χ1v) is 6.81. The lowest BCUT2D eigenvalue weighted by molar-refractivity contribution is -0.145. The van der Waals surface area contributed by atoms with Crippen LogP contribution in [0, 0.1) is 0 Å². The van der Waals surface area contributed by atoms with E-state index in [-0.39, 0.29) is 18.4 Å². The molecule has 1 unspecified atom stereocenters. The van der Waals surface area contributed by atoms with Crippen molar-refractivity contribution in [2.24, 2.45) is 0 Å². The molecule has 0 saturated heterocycles. The van der Waals surface area contributed by atoms with Crippen LogP contribution in [-0.4, -0.2) is 31.2 Å². The van der Waals surface area contributed by atoms with Crippen molar-refractivity contribution in [3.8, 4) is 0 Å². The molecule has 0 aliphatic rings. The quantitative estimate of drug-likeness (QED) is 0.740. The molecule has 0 aliphatic heterocycles. The fourth-order valence-electron chi connectivity index (χ4n) is 1.72. The summed E-state index contributed by atoms with van der Waals surface area (Å²) in [4.78, 5) is 23.3. The van der Waals surface area contributed by atoms with Crippen LogP contribution in [0.2, 0.25) is 0 Å². The van der Waals surface area contributed by atoms with E-state index in [9.17, 15) is 9.59 Å². The Hall–Kier alpha value is -2.04.